The van der Waals surface area contributed by atoms with Crippen LogP contribution in [0.1, 0.15) is 38.9 Å². The summed E-state index contributed by atoms with van der Waals surface area (Å²) < 4.78 is 13.4. The summed E-state index contributed by atoms with van der Waals surface area (Å²) in [5.74, 6) is 1.28. The first kappa shape index (κ1) is 28.0. The van der Waals surface area contributed by atoms with Crippen molar-refractivity contribution in [2.45, 2.75) is 37.8 Å². The standard InChI is InChI=1S/C28H26ClN5O4S/c1-17-9-10-23(11-18(17)2)34-19(3)31-32-28(34)39-26(15-33(35)36)22-12-24(29)27(25(13-22)37-4)38-16-21-8-6-5-7-20(21)14-30/h5-13,26H,15-16H2,1-4H3/t26-/m0/s1. The maximum atomic E-state index is 11.7. The van der Waals surface area contributed by atoms with Gasteiger partial charge in [-0.2, -0.15) is 5.26 Å². The normalized spacial score (nSPS) is 11.6. The molecule has 11 heteroatoms. The van der Waals surface area contributed by atoms with Crippen LogP contribution in [0.3, 0.4) is 0 Å². The monoisotopic (exact) mass is 563 g/mol. The van der Waals surface area contributed by atoms with Gasteiger partial charge in [-0.25, -0.2) is 0 Å². The van der Waals surface area contributed by atoms with E-state index in [1.54, 1.807) is 30.3 Å². The third-order valence-electron chi connectivity index (χ3n) is 6.24. The highest BCUT2D eigenvalue weighted by Gasteiger charge is 2.26. The van der Waals surface area contributed by atoms with Crippen LogP contribution in [0.4, 0.5) is 0 Å². The molecule has 0 unspecified atom stereocenters. The van der Waals surface area contributed by atoms with Gasteiger partial charge in [0, 0.05) is 16.2 Å². The van der Waals surface area contributed by atoms with Crippen molar-refractivity contribution in [2.75, 3.05) is 13.7 Å². The highest BCUT2D eigenvalue weighted by molar-refractivity contribution is 7.99. The van der Waals surface area contributed by atoms with Gasteiger partial charge in [-0.1, -0.05) is 47.6 Å². The van der Waals surface area contributed by atoms with Gasteiger partial charge in [0.15, 0.2) is 16.7 Å². The lowest BCUT2D eigenvalue weighted by Gasteiger charge is -2.18. The molecule has 0 saturated carbocycles. The van der Waals surface area contributed by atoms with Crippen molar-refractivity contribution in [3.63, 3.8) is 0 Å². The summed E-state index contributed by atoms with van der Waals surface area (Å²) >= 11 is 7.85. The molecule has 0 N–H and O–H groups in total. The second kappa shape index (κ2) is 12.2. The molecule has 0 aliphatic carbocycles. The number of nitriles is 1. The SMILES string of the molecule is COc1cc([C@H](C[N+](=O)[O-])Sc2nnc(C)n2-c2ccc(C)c(C)c2)cc(Cl)c1OCc1ccccc1C#N. The van der Waals surface area contributed by atoms with Crippen LogP contribution in [0.15, 0.2) is 59.8 Å². The Morgan fingerprint density at radius 1 is 1.13 bits per heavy atom. The minimum atomic E-state index is -0.645. The first-order valence-electron chi connectivity index (χ1n) is 12.0. The van der Waals surface area contributed by atoms with E-state index in [1.807, 2.05) is 49.6 Å². The second-order valence-corrected chi connectivity index (χ2v) is 10.4. The van der Waals surface area contributed by atoms with Crippen LogP contribution in [0.25, 0.3) is 5.69 Å². The molecule has 1 heterocycles. The van der Waals surface area contributed by atoms with Crippen molar-refractivity contribution >= 4 is 23.4 Å². The Labute approximate surface area is 235 Å². The summed E-state index contributed by atoms with van der Waals surface area (Å²) in [5.41, 5.74) is 4.92. The van der Waals surface area contributed by atoms with Gasteiger partial charge in [-0.05, 0) is 67.8 Å². The Balaban J connectivity index is 1.67. The maximum absolute atomic E-state index is 11.7. The molecule has 4 rings (SSSR count). The molecule has 0 radical (unpaired) electrons. The number of aryl methyl sites for hydroxylation is 3. The molecule has 0 fully saturated rings. The Morgan fingerprint density at radius 3 is 2.59 bits per heavy atom. The molecular weight excluding hydrogens is 538 g/mol. The van der Waals surface area contributed by atoms with Gasteiger partial charge in [0.25, 0.3) is 0 Å². The average molecular weight is 564 g/mol. The second-order valence-electron chi connectivity index (χ2n) is 8.85. The minimum absolute atomic E-state index is 0.102. The lowest BCUT2D eigenvalue weighted by atomic mass is 10.1. The summed E-state index contributed by atoms with van der Waals surface area (Å²) in [5, 5.41) is 29.7. The quantitative estimate of drug-likeness (QED) is 0.123. The Bertz CT molecular complexity index is 1570. The number of halogens is 1. The Morgan fingerprint density at radius 2 is 1.90 bits per heavy atom. The number of ether oxygens (including phenoxy) is 2. The lowest BCUT2D eigenvalue weighted by Crippen LogP contribution is -2.12. The zero-order valence-corrected chi connectivity index (χ0v) is 23.4. The summed E-state index contributed by atoms with van der Waals surface area (Å²) in [7, 11) is 1.47. The number of aromatic nitrogens is 3. The van der Waals surface area contributed by atoms with Crippen LogP contribution in [0, 0.1) is 42.2 Å². The zero-order chi connectivity index (χ0) is 28.1. The van der Waals surface area contributed by atoms with Gasteiger partial charge >= 0.3 is 0 Å². The molecule has 0 saturated heterocycles. The molecule has 0 spiro atoms. The molecule has 0 bridgehead atoms. The number of hydrogen-bond donors (Lipinski definition) is 0. The molecule has 0 aliphatic heterocycles. The predicted octanol–water partition coefficient (Wildman–Crippen LogP) is 6.42. The van der Waals surface area contributed by atoms with Crippen molar-refractivity contribution in [1.29, 1.82) is 5.26 Å². The maximum Gasteiger partial charge on any atom is 0.220 e. The highest BCUT2D eigenvalue weighted by Crippen LogP contribution is 2.43. The largest absolute Gasteiger partial charge is 0.493 e. The van der Waals surface area contributed by atoms with E-state index < -0.39 is 5.25 Å². The zero-order valence-electron chi connectivity index (χ0n) is 21.8. The van der Waals surface area contributed by atoms with E-state index in [4.69, 9.17) is 21.1 Å². The van der Waals surface area contributed by atoms with E-state index in [0.717, 1.165) is 16.8 Å². The third kappa shape index (κ3) is 6.33. The fourth-order valence-corrected chi connectivity index (χ4v) is 5.45. The van der Waals surface area contributed by atoms with E-state index in [2.05, 4.69) is 16.3 Å². The fraction of sp³-hybridized carbons (Fsp3) is 0.250. The smallest absolute Gasteiger partial charge is 0.220 e. The highest BCUT2D eigenvalue weighted by atomic mass is 35.5. The van der Waals surface area contributed by atoms with E-state index in [0.29, 0.717) is 33.4 Å². The first-order chi connectivity index (χ1) is 18.7. The molecule has 200 valence electrons. The van der Waals surface area contributed by atoms with E-state index in [-0.39, 0.29) is 28.8 Å². The van der Waals surface area contributed by atoms with Crippen LogP contribution in [0.2, 0.25) is 5.02 Å². The number of hydrogen-bond acceptors (Lipinski definition) is 8. The summed E-state index contributed by atoms with van der Waals surface area (Å²) in [6.07, 6.45) is 0. The number of methoxy groups -OCH3 is 1. The van der Waals surface area contributed by atoms with E-state index in [9.17, 15) is 15.4 Å². The number of thioether (sulfide) groups is 1. The topological polar surface area (TPSA) is 116 Å². The van der Waals surface area contributed by atoms with Gasteiger partial charge < -0.3 is 9.47 Å². The van der Waals surface area contributed by atoms with Crippen molar-refractivity contribution in [3.8, 4) is 23.3 Å². The molecule has 1 aromatic heterocycles. The summed E-state index contributed by atoms with van der Waals surface area (Å²) in [4.78, 5) is 11.3. The number of rotatable bonds is 10. The van der Waals surface area contributed by atoms with Crippen molar-refractivity contribution in [1.82, 2.24) is 14.8 Å². The van der Waals surface area contributed by atoms with Crippen LogP contribution in [-0.2, 0) is 6.61 Å². The molecule has 39 heavy (non-hydrogen) atoms. The van der Waals surface area contributed by atoms with E-state index >= 15 is 0 Å². The van der Waals surface area contributed by atoms with Crippen LogP contribution in [0.5, 0.6) is 11.5 Å². The molecule has 9 nitrogen and oxygen atoms in total. The molecule has 1 atom stereocenters. The van der Waals surface area contributed by atoms with Crippen molar-refractivity contribution < 1.29 is 14.4 Å². The number of nitro groups is 1. The summed E-state index contributed by atoms with van der Waals surface area (Å²) in [6.45, 7) is 5.62. The van der Waals surface area contributed by atoms with Crippen LogP contribution < -0.4 is 9.47 Å². The predicted molar refractivity (Wildman–Crippen MR) is 150 cm³/mol. The average Bonchev–Trinajstić information content (AvgIpc) is 3.28. The van der Waals surface area contributed by atoms with Gasteiger partial charge in [0.05, 0.1) is 23.8 Å². The molecule has 3 aromatic carbocycles. The Kier molecular flexibility index (Phi) is 8.74. The summed E-state index contributed by atoms with van der Waals surface area (Å²) in [6, 6.07) is 18.6. The van der Waals surface area contributed by atoms with Crippen LogP contribution >= 0.6 is 23.4 Å². The molecular formula is C28H26ClN5O4S. The molecule has 0 amide bonds. The lowest BCUT2D eigenvalue weighted by molar-refractivity contribution is -0.479. The number of nitrogens with zero attached hydrogens (tertiary/aromatic N) is 5. The van der Waals surface area contributed by atoms with Crippen molar-refractivity contribution in [3.05, 3.63) is 103 Å². The van der Waals surface area contributed by atoms with Gasteiger partial charge in [-0.3, -0.25) is 14.7 Å². The van der Waals surface area contributed by atoms with Crippen molar-refractivity contribution in [2.24, 2.45) is 0 Å². The van der Waals surface area contributed by atoms with Gasteiger partial charge in [0.1, 0.15) is 17.7 Å². The Hall–Kier alpha value is -4.07. The van der Waals surface area contributed by atoms with Gasteiger partial charge in [-0.15, -0.1) is 10.2 Å². The molecule has 4 aromatic rings. The number of benzene rings is 3. The molecule has 0 aliphatic rings. The first-order valence-corrected chi connectivity index (χ1v) is 13.2. The van der Waals surface area contributed by atoms with Gasteiger partial charge in [0.2, 0.25) is 6.54 Å². The minimum Gasteiger partial charge on any atom is -0.493 e. The van der Waals surface area contributed by atoms with Crippen LogP contribution in [-0.4, -0.2) is 33.3 Å². The van der Waals surface area contributed by atoms with E-state index in [1.165, 1.54) is 18.9 Å². The fourth-order valence-electron chi connectivity index (χ4n) is 4.03. The third-order valence-corrected chi connectivity index (χ3v) is 7.70.